The maximum absolute atomic E-state index is 11.4. The van der Waals surface area contributed by atoms with Crippen molar-refractivity contribution in [3.05, 3.63) is 99.6 Å². The molecule has 1 aliphatic heterocycles. The van der Waals surface area contributed by atoms with Crippen LogP contribution in [0.5, 0.6) is 0 Å². The number of carboxylic acid groups (broad SMARTS) is 1. The van der Waals surface area contributed by atoms with Crippen LogP contribution in [0.2, 0.25) is 0 Å². The van der Waals surface area contributed by atoms with Gasteiger partial charge in [0.05, 0.1) is 17.0 Å². The molecule has 1 aliphatic carbocycles. The summed E-state index contributed by atoms with van der Waals surface area (Å²) in [4.78, 5) is 16.6. The Balaban J connectivity index is 1.81. The second kappa shape index (κ2) is 7.41. The Morgan fingerprint density at radius 3 is 2.12 bits per heavy atom. The van der Waals surface area contributed by atoms with Gasteiger partial charge in [0.1, 0.15) is 0 Å². The first-order chi connectivity index (χ1) is 15.6. The second-order valence-electron chi connectivity index (χ2n) is 10.9. The summed E-state index contributed by atoms with van der Waals surface area (Å²) in [7, 11) is 0. The maximum atomic E-state index is 11.4. The number of carboxylic acids is 1. The molecule has 0 fully saturated rings. The van der Waals surface area contributed by atoms with E-state index < -0.39 is 5.97 Å². The highest BCUT2D eigenvalue weighted by Crippen LogP contribution is 2.49. The molecular formula is C30H31NO2. The number of hydrogen-bond acceptors (Lipinski definition) is 2. The molecule has 0 spiro atoms. The number of aliphatic imine (C=N–C) groups is 1. The van der Waals surface area contributed by atoms with Crippen LogP contribution in [0.3, 0.4) is 0 Å². The highest BCUT2D eigenvalue weighted by molar-refractivity contribution is 6.16. The fraction of sp³-hybridized carbons (Fsp3) is 0.333. The van der Waals surface area contributed by atoms with Gasteiger partial charge in [-0.25, -0.2) is 9.79 Å². The molecule has 3 aromatic rings. The van der Waals surface area contributed by atoms with E-state index in [9.17, 15) is 9.90 Å². The van der Waals surface area contributed by atoms with Crippen LogP contribution >= 0.6 is 0 Å². The third kappa shape index (κ3) is 3.51. The first-order valence-electron chi connectivity index (χ1n) is 11.8. The zero-order valence-electron chi connectivity index (χ0n) is 20.1. The SMILES string of the molecule is CC1c2ccccc2N=C(c2ccc(C(=O)O)cc2)c2cc3c(cc21)C(C)(C)CCC3(C)C. The van der Waals surface area contributed by atoms with E-state index >= 15 is 0 Å². The number of para-hydroxylation sites is 1. The summed E-state index contributed by atoms with van der Waals surface area (Å²) in [5.74, 6) is -0.705. The Labute approximate surface area is 196 Å². The van der Waals surface area contributed by atoms with E-state index in [4.69, 9.17) is 4.99 Å². The number of rotatable bonds is 2. The van der Waals surface area contributed by atoms with Crippen LogP contribution in [-0.2, 0) is 10.8 Å². The summed E-state index contributed by atoms with van der Waals surface area (Å²) in [5, 5.41) is 9.36. The van der Waals surface area contributed by atoms with Gasteiger partial charge in [0.2, 0.25) is 0 Å². The zero-order valence-corrected chi connectivity index (χ0v) is 20.1. The molecule has 33 heavy (non-hydrogen) atoms. The molecule has 1 atom stereocenters. The molecule has 1 N–H and O–H groups in total. The molecule has 0 bridgehead atoms. The lowest BCUT2D eigenvalue weighted by atomic mass is 9.62. The first kappa shape index (κ1) is 21.6. The zero-order chi connectivity index (χ0) is 23.5. The van der Waals surface area contributed by atoms with Crippen molar-refractivity contribution in [2.45, 2.75) is 64.2 Å². The number of aromatic carboxylic acids is 1. The van der Waals surface area contributed by atoms with Crippen molar-refractivity contribution in [3.63, 3.8) is 0 Å². The van der Waals surface area contributed by atoms with Crippen LogP contribution in [0.25, 0.3) is 0 Å². The highest BCUT2D eigenvalue weighted by Gasteiger charge is 2.39. The minimum atomic E-state index is -0.915. The maximum Gasteiger partial charge on any atom is 0.335 e. The Bertz CT molecular complexity index is 1300. The summed E-state index contributed by atoms with van der Waals surface area (Å²) >= 11 is 0. The lowest BCUT2D eigenvalue weighted by Gasteiger charge is -2.42. The number of hydrogen-bond donors (Lipinski definition) is 1. The Kier molecular flexibility index (Phi) is 4.86. The van der Waals surface area contributed by atoms with Crippen LogP contribution in [0, 0.1) is 0 Å². The molecule has 0 amide bonds. The highest BCUT2D eigenvalue weighted by atomic mass is 16.4. The molecule has 0 saturated heterocycles. The molecule has 3 heteroatoms. The third-order valence-electron chi connectivity index (χ3n) is 7.79. The number of nitrogens with zero attached hydrogens (tertiary/aromatic N) is 1. The predicted molar refractivity (Wildman–Crippen MR) is 134 cm³/mol. The first-order valence-corrected chi connectivity index (χ1v) is 11.8. The number of benzene rings is 3. The lowest BCUT2D eigenvalue weighted by molar-refractivity contribution is 0.0697. The normalized spacial score (nSPS) is 20.0. The molecule has 3 aromatic carbocycles. The van der Waals surface area contributed by atoms with Gasteiger partial charge in [0, 0.05) is 17.0 Å². The van der Waals surface area contributed by atoms with Gasteiger partial charge in [0.15, 0.2) is 0 Å². The molecule has 3 nitrogen and oxygen atoms in total. The summed E-state index contributed by atoms with van der Waals surface area (Å²) in [6, 6.07) is 20.3. The van der Waals surface area contributed by atoms with Gasteiger partial charge in [-0.3, -0.25) is 0 Å². The van der Waals surface area contributed by atoms with Crippen molar-refractivity contribution in [2.24, 2.45) is 4.99 Å². The summed E-state index contributed by atoms with van der Waals surface area (Å²) in [6.45, 7) is 11.7. The van der Waals surface area contributed by atoms with E-state index in [1.807, 2.05) is 18.2 Å². The fourth-order valence-corrected chi connectivity index (χ4v) is 5.49. The van der Waals surface area contributed by atoms with Crippen LogP contribution in [-0.4, -0.2) is 16.8 Å². The molecule has 2 aliphatic rings. The molecule has 168 valence electrons. The second-order valence-corrected chi connectivity index (χ2v) is 10.9. The van der Waals surface area contributed by atoms with Crippen molar-refractivity contribution in [2.75, 3.05) is 0 Å². The van der Waals surface area contributed by atoms with Crippen LogP contribution in [0.4, 0.5) is 5.69 Å². The number of fused-ring (bicyclic) bond motifs is 3. The smallest absolute Gasteiger partial charge is 0.335 e. The average Bonchev–Trinajstić information content (AvgIpc) is 2.91. The minimum Gasteiger partial charge on any atom is -0.478 e. The van der Waals surface area contributed by atoms with Crippen LogP contribution < -0.4 is 0 Å². The topological polar surface area (TPSA) is 49.7 Å². The molecule has 1 unspecified atom stereocenters. The van der Waals surface area contributed by atoms with Crippen LogP contribution in [0.1, 0.15) is 97.1 Å². The largest absolute Gasteiger partial charge is 0.478 e. The Morgan fingerprint density at radius 1 is 0.879 bits per heavy atom. The van der Waals surface area contributed by atoms with E-state index in [0.717, 1.165) is 28.9 Å². The fourth-order valence-electron chi connectivity index (χ4n) is 5.49. The van der Waals surface area contributed by atoms with Gasteiger partial charge in [-0.1, -0.05) is 71.0 Å². The Morgan fingerprint density at radius 2 is 1.48 bits per heavy atom. The molecule has 1 heterocycles. The third-order valence-corrected chi connectivity index (χ3v) is 7.79. The standard InChI is InChI=1S/C30H31NO2/c1-18-21-8-6-7-9-26(21)31-27(19-10-12-20(13-11-19)28(32)33)23-17-25-24(16-22(18)23)29(2,3)14-15-30(25,4)5/h6-13,16-18H,14-15H2,1-5H3,(H,32,33). The van der Waals surface area contributed by atoms with Gasteiger partial charge in [0.25, 0.3) is 0 Å². The van der Waals surface area contributed by atoms with Gasteiger partial charge in [-0.15, -0.1) is 0 Å². The van der Waals surface area contributed by atoms with Gasteiger partial charge < -0.3 is 5.11 Å². The summed E-state index contributed by atoms with van der Waals surface area (Å²) in [6.07, 6.45) is 2.33. The van der Waals surface area contributed by atoms with E-state index in [1.165, 1.54) is 28.7 Å². The molecule has 5 rings (SSSR count). The minimum absolute atomic E-state index is 0.0978. The van der Waals surface area contributed by atoms with Gasteiger partial charge in [-0.05, 0) is 70.2 Å². The summed E-state index contributed by atoms with van der Waals surface area (Å²) in [5.41, 5.74) is 9.89. The van der Waals surface area contributed by atoms with Crippen molar-refractivity contribution in [3.8, 4) is 0 Å². The van der Waals surface area contributed by atoms with Gasteiger partial charge >= 0.3 is 5.97 Å². The quantitative estimate of drug-likeness (QED) is 0.455. The Hall–Kier alpha value is -3.20. The van der Waals surface area contributed by atoms with Crippen molar-refractivity contribution < 1.29 is 9.90 Å². The van der Waals surface area contributed by atoms with Crippen molar-refractivity contribution in [1.29, 1.82) is 0 Å². The van der Waals surface area contributed by atoms with E-state index in [2.05, 4.69) is 65.0 Å². The molecule has 0 aromatic heterocycles. The van der Waals surface area contributed by atoms with E-state index in [-0.39, 0.29) is 22.3 Å². The summed E-state index contributed by atoms with van der Waals surface area (Å²) < 4.78 is 0. The molecular weight excluding hydrogens is 406 g/mol. The lowest BCUT2D eigenvalue weighted by Crippen LogP contribution is -2.34. The van der Waals surface area contributed by atoms with E-state index in [1.54, 1.807) is 12.1 Å². The predicted octanol–water partition coefficient (Wildman–Crippen LogP) is 7.37. The average molecular weight is 438 g/mol. The monoisotopic (exact) mass is 437 g/mol. The molecule has 0 radical (unpaired) electrons. The van der Waals surface area contributed by atoms with Crippen molar-refractivity contribution >= 4 is 17.4 Å². The van der Waals surface area contributed by atoms with Crippen molar-refractivity contribution in [1.82, 2.24) is 0 Å². The number of carbonyl (C=O) groups is 1. The van der Waals surface area contributed by atoms with E-state index in [0.29, 0.717) is 0 Å². The molecule has 0 saturated carbocycles. The van der Waals surface area contributed by atoms with Gasteiger partial charge in [-0.2, -0.15) is 0 Å². The van der Waals surface area contributed by atoms with Crippen LogP contribution in [0.15, 0.2) is 65.7 Å².